The van der Waals surface area contributed by atoms with Gasteiger partial charge in [-0.05, 0) is 37.3 Å². The van der Waals surface area contributed by atoms with Crippen molar-refractivity contribution in [3.63, 3.8) is 0 Å². The molecule has 2 aromatic rings. The van der Waals surface area contributed by atoms with Crippen LogP contribution in [0.5, 0.6) is 5.75 Å². The van der Waals surface area contributed by atoms with Gasteiger partial charge in [0.05, 0.1) is 10.9 Å². The van der Waals surface area contributed by atoms with Crippen molar-refractivity contribution in [2.75, 3.05) is 44.6 Å². The number of carbonyl (C=O) groups excluding carboxylic acids is 2. The van der Waals surface area contributed by atoms with Gasteiger partial charge in [-0.25, -0.2) is 0 Å². The first-order valence-electron chi connectivity index (χ1n) is 9.91. The third-order valence-corrected chi connectivity index (χ3v) is 6.41. The number of nitrogens with zero attached hydrogens (tertiary/aromatic N) is 2. The van der Waals surface area contributed by atoms with E-state index >= 15 is 0 Å². The summed E-state index contributed by atoms with van der Waals surface area (Å²) < 4.78 is 5.76. The number of fused-ring (bicyclic) bond motifs is 1. The molecule has 29 heavy (non-hydrogen) atoms. The molecule has 2 aromatic carbocycles. The van der Waals surface area contributed by atoms with Crippen molar-refractivity contribution in [1.82, 2.24) is 9.80 Å². The quantitative estimate of drug-likeness (QED) is 0.820. The number of hydrogen-bond donors (Lipinski definition) is 1. The highest BCUT2D eigenvalue weighted by molar-refractivity contribution is 8.00. The predicted octanol–water partition coefficient (Wildman–Crippen LogP) is 2.96. The van der Waals surface area contributed by atoms with Crippen molar-refractivity contribution in [1.29, 1.82) is 0 Å². The van der Waals surface area contributed by atoms with E-state index in [9.17, 15) is 9.59 Å². The van der Waals surface area contributed by atoms with E-state index in [1.165, 1.54) is 11.8 Å². The van der Waals surface area contributed by atoms with Crippen molar-refractivity contribution >= 4 is 29.3 Å². The Kier molecular flexibility index (Phi) is 6.06. The molecule has 2 amide bonds. The monoisotopic (exact) mass is 411 g/mol. The van der Waals surface area contributed by atoms with Gasteiger partial charge < -0.3 is 15.0 Å². The molecule has 6 nitrogen and oxygen atoms in total. The van der Waals surface area contributed by atoms with Crippen molar-refractivity contribution in [2.45, 2.75) is 17.1 Å². The highest BCUT2D eigenvalue weighted by Gasteiger charge is 2.26. The summed E-state index contributed by atoms with van der Waals surface area (Å²) in [4.78, 5) is 30.0. The molecule has 0 spiro atoms. The smallest absolute Gasteiger partial charge is 0.254 e. The summed E-state index contributed by atoms with van der Waals surface area (Å²) in [5.74, 6) is 0.887. The number of para-hydroxylation sites is 1. The van der Waals surface area contributed by atoms with Crippen LogP contribution in [0.2, 0.25) is 0 Å². The van der Waals surface area contributed by atoms with E-state index in [4.69, 9.17) is 4.74 Å². The zero-order chi connectivity index (χ0) is 20.2. The van der Waals surface area contributed by atoms with Gasteiger partial charge in [-0.3, -0.25) is 14.5 Å². The molecule has 0 saturated carbocycles. The maximum Gasteiger partial charge on any atom is 0.254 e. The molecule has 7 heteroatoms. The summed E-state index contributed by atoms with van der Waals surface area (Å²) in [7, 11) is 0. The molecular weight excluding hydrogens is 386 g/mol. The molecule has 1 atom stereocenters. The summed E-state index contributed by atoms with van der Waals surface area (Å²) in [6.45, 7) is 6.42. The highest BCUT2D eigenvalue weighted by Crippen LogP contribution is 2.36. The number of rotatable bonds is 5. The number of hydrogen-bond acceptors (Lipinski definition) is 5. The zero-order valence-corrected chi connectivity index (χ0v) is 17.3. The van der Waals surface area contributed by atoms with E-state index in [1.54, 1.807) is 6.07 Å². The minimum absolute atomic E-state index is 0.0153. The van der Waals surface area contributed by atoms with Gasteiger partial charge in [0.15, 0.2) is 0 Å². The van der Waals surface area contributed by atoms with Gasteiger partial charge in [-0.2, -0.15) is 0 Å². The second-order valence-electron chi connectivity index (χ2n) is 7.26. The summed E-state index contributed by atoms with van der Waals surface area (Å²) in [6.07, 6.45) is 0. The van der Waals surface area contributed by atoms with E-state index in [0.29, 0.717) is 25.3 Å². The van der Waals surface area contributed by atoms with E-state index in [0.717, 1.165) is 36.0 Å². The molecule has 0 radical (unpaired) electrons. The molecule has 1 saturated heterocycles. The number of nitrogens with one attached hydrogen (secondary N) is 1. The van der Waals surface area contributed by atoms with Crippen LogP contribution < -0.4 is 10.1 Å². The molecule has 0 aromatic heterocycles. The maximum absolute atomic E-state index is 12.9. The fourth-order valence-corrected chi connectivity index (χ4v) is 4.44. The number of piperazine rings is 1. The fraction of sp³-hybridized carbons (Fsp3) is 0.364. The van der Waals surface area contributed by atoms with E-state index in [2.05, 4.69) is 10.2 Å². The lowest BCUT2D eigenvalue weighted by Crippen LogP contribution is -2.49. The zero-order valence-electron chi connectivity index (χ0n) is 16.5. The molecule has 0 bridgehead atoms. The Hall–Kier alpha value is -2.51. The summed E-state index contributed by atoms with van der Waals surface area (Å²) >= 11 is 1.53. The standard InChI is InChI=1S/C22H25N3O3S/c1-16-21(26)23-19-15-17(7-8-20(19)29-16)22(27)25-11-9-24(10-12-25)13-14-28-18-5-3-2-4-6-18/h2-8,15-16H,9-14H2,1H3,(H,23,26)/t16-/m0/s1. The molecule has 152 valence electrons. The fourth-order valence-electron chi connectivity index (χ4n) is 3.51. The normalized spacial score (nSPS) is 19.4. The molecule has 2 aliphatic heterocycles. The summed E-state index contributed by atoms with van der Waals surface area (Å²) in [6, 6.07) is 15.4. The van der Waals surface area contributed by atoms with Gasteiger partial charge in [-0.1, -0.05) is 18.2 Å². The number of carbonyl (C=O) groups is 2. The largest absolute Gasteiger partial charge is 0.492 e. The molecule has 1 fully saturated rings. The number of amides is 2. The van der Waals surface area contributed by atoms with Gasteiger partial charge >= 0.3 is 0 Å². The van der Waals surface area contributed by atoms with Crippen LogP contribution in [0.15, 0.2) is 53.4 Å². The van der Waals surface area contributed by atoms with Crippen LogP contribution >= 0.6 is 11.8 Å². The van der Waals surface area contributed by atoms with Gasteiger partial charge in [-0.15, -0.1) is 11.8 Å². The Balaban J connectivity index is 1.28. The van der Waals surface area contributed by atoms with E-state index < -0.39 is 0 Å². The molecule has 2 heterocycles. The first-order valence-corrected chi connectivity index (χ1v) is 10.8. The van der Waals surface area contributed by atoms with E-state index in [-0.39, 0.29) is 17.1 Å². The maximum atomic E-state index is 12.9. The number of benzene rings is 2. The topological polar surface area (TPSA) is 61.9 Å². The molecule has 1 N–H and O–H groups in total. The van der Waals surface area contributed by atoms with Crippen LogP contribution in [0.3, 0.4) is 0 Å². The van der Waals surface area contributed by atoms with E-state index in [1.807, 2.05) is 54.3 Å². The van der Waals surface area contributed by atoms with Crippen LogP contribution in [-0.2, 0) is 4.79 Å². The SMILES string of the molecule is C[C@@H]1Sc2ccc(C(=O)N3CCN(CCOc4ccccc4)CC3)cc2NC1=O. The minimum atomic E-state index is -0.108. The van der Waals surface area contributed by atoms with Crippen molar-refractivity contribution in [3.05, 3.63) is 54.1 Å². The number of ether oxygens (including phenoxy) is 1. The lowest BCUT2D eigenvalue weighted by molar-refractivity contribution is -0.115. The third kappa shape index (κ3) is 4.74. The minimum Gasteiger partial charge on any atom is -0.492 e. The highest BCUT2D eigenvalue weighted by atomic mass is 32.2. The Labute approximate surface area is 175 Å². The molecule has 0 unspecified atom stereocenters. The number of thioether (sulfide) groups is 1. The van der Waals surface area contributed by atoms with Crippen LogP contribution in [0.1, 0.15) is 17.3 Å². The molecule has 2 aliphatic rings. The molecule has 0 aliphatic carbocycles. The van der Waals surface area contributed by atoms with Gasteiger partial charge in [0.25, 0.3) is 5.91 Å². The summed E-state index contributed by atoms with van der Waals surface area (Å²) in [5, 5.41) is 2.79. The lowest BCUT2D eigenvalue weighted by atomic mass is 10.1. The second-order valence-corrected chi connectivity index (χ2v) is 8.64. The van der Waals surface area contributed by atoms with Crippen LogP contribution in [0.4, 0.5) is 5.69 Å². The third-order valence-electron chi connectivity index (χ3n) is 5.24. The second kappa shape index (κ2) is 8.88. The first kappa shape index (κ1) is 19.8. The summed E-state index contributed by atoms with van der Waals surface area (Å²) in [5.41, 5.74) is 1.36. The lowest BCUT2D eigenvalue weighted by Gasteiger charge is -2.34. The number of anilines is 1. The Morgan fingerprint density at radius 2 is 1.90 bits per heavy atom. The van der Waals surface area contributed by atoms with Crippen molar-refractivity contribution in [3.8, 4) is 5.75 Å². The Bertz CT molecular complexity index is 882. The molecule has 4 rings (SSSR count). The average Bonchev–Trinajstić information content (AvgIpc) is 2.75. The Morgan fingerprint density at radius 1 is 1.14 bits per heavy atom. The van der Waals surface area contributed by atoms with Gasteiger partial charge in [0, 0.05) is 43.2 Å². The average molecular weight is 412 g/mol. The van der Waals surface area contributed by atoms with Crippen LogP contribution in [0, 0.1) is 0 Å². The van der Waals surface area contributed by atoms with Crippen molar-refractivity contribution < 1.29 is 14.3 Å². The van der Waals surface area contributed by atoms with Gasteiger partial charge in [0.2, 0.25) is 5.91 Å². The predicted molar refractivity (Wildman–Crippen MR) is 115 cm³/mol. The first-order chi connectivity index (χ1) is 14.1. The van der Waals surface area contributed by atoms with Gasteiger partial charge in [0.1, 0.15) is 12.4 Å². The molecular formula is C22H25N3O3S. The Morgan fingerprint density at radius 3 is 2.66 bits per heavy atom. The van der Waals surface area contributed by atoms with Crippen LogP contribution in [0.25, 0.3) is 0 Å². The van der Waals surface area contributed by atoms with Crippen LogP contribution in [-0.4, -0.2) is 66.2 Å². The van der Waals surface area contributed by atoms with Crippen molar-refractivity contribution in [2.24, 2.45) is 0 Å².